The van der Waals surface area contributed by atoms with Crippen molar-refractivity contribution in [3.63, 3.8) is 0 Å². The van der Waals surface area contributed by atoms with Crippen LogP contribution in [0.1, 0.15) is 57.0 Å². The SMILES string of the molecule is CC(C)CC(CN)C(=O)c1ccc(C(C)(C)C)cc1. The number of rotatable bonds is 5. The van der Waals surface area contributed by atoms with Crippen LogP contribution in [0.5, 0.6) is 0 Å². The standard InChI is InChI=1S/C17H27NO/c1-12(2)10-14(11-18)16(19)13-6-8-15(9-7-13)17(3,4)5/h6-9,12,14H,10-11,18H2,1-5H3. The number of ketones is 1. The molecule has 0 amide bonds. The minimum absolute atomic E-state index is 0.0551. The van der Waals surface area contributed by atoms with Crippen molar-refractivity contribution in [1.82, 2.24) is 0 Å². The van der Waals surface area contributed by atoms with Gasteiger partial charge in [0.05, 0.1) is 0 Å². The maximum atomic E-state index is 12.4. The van der Waals surface area contributed by atoms with E-state index in [2.05, 4.69) is 46.8 Å². The van der Waals surface area contributed by atoms with E-state index < -0.39 is 0 Å². The molecule has 1 rings (SSSR count). The summed E-state index contributed by atoms with van der Waals surface area (Å²) < 4.78 is 0. The number of benzene rings is 1. The summed E-state index contributed by atoms with van der Waals surface area (Å²) in [5, 5.41) is 0. The van der Waals surface area contributed by atoms with Gasteiger partial charge in [-0.25, -0.2) is 0 Å². The third-order valence-corrected chi connectivity index (χ3v) is 3.45. The van der Waals surface area contributed by atoms with E-state index in [4.69, 9.17) is 5.73 Å². The van der Waals surface area contributed by atoms with Gasteiger partial charge in [-0.1, -0.05) is 58.9 Å². The maximum absolute atomic E-state index is 12.4. The molecule has 106 valence electrons. The van der Waals surface area contributed by atoms with Crippen LogP contribution in [-0.2, 0) is 5.41 Å². The lowest BCUT2D eigenvalue weighted by Gasteiger charge is -2.20. The Morgan fingerprint density at radius 1 is 1.16 bits per heavy atom. The summed E-state index contributed by atoms with van der Waals surface area (Å²) in [4.78, 5) is 12.4. The molecule has 1 atom stereocenters. The summed E-state index contributed by atoms with van der Waals surface area (Å²) in [6.45, 7) is 11.2. The second-order valence-corrected chi connectivity index (χ2v) is 6.75. The zero-order chi connectivity index (χ0) is 14.6. The van der Waals surface area contributed by atoms with Gasteiger partial charge in [0, 0.05) is 18.0 Å². The normalized spacial score (nSPS) is 13.6. The Balaban J connectivity index is 2.88. The number of carbonyl (C=O) groups is 1. The van der Waals surface area contributed by atoms with Crippen LogP contribution in [0.2, 0.25) is 0 Å². The van der Waals surface area contributed by atoms with E-state index in [0.29, 0.717) is 12.5 Å². The number of nitrogens with two attached hydrogens (primary N) is 1. The lowest BCUT2D eigenvalue weighted by Crippen LogP contribution is -2.25. The molecule has 0 fully saturated rings. The Hall–Kier alpha value is -1.15. The molecule has 2 nitrogen and oxygen atoms in total. The van der Waals surface area contributed by atoms with E-state index in [1.165, 1.54) is 5.56 Å². The van der Waals surface area contributed by atoms with E-state index in [9.17, 15) is 4.79 Å². The van der Waals surface area contributed by atoms with Gasteiger partial charge in [0.2, 0.25) is 0 Å². The van der Waals surface area contributed by atoms with E-state index in [1.807, 2.05) is 12.1 Å². The molecular weight excluding hydrogens is 234 g/mol. The minimum atomic E-state index is -0.0551. The summed E-state index contributed by atoms with van der Waals surface area (Å²) in [6.07, 6.45) is 0.857. The Bertz CT molecular complexity index is 412. The first kappa shape index (κ1) is 15.9. The monoisotopic (exact) mass is 261 g/mol. The van der Waals surface area contributed by atoms with Crippen molar-refractivity contribution in [2.45, 2.75) is 46.5 Å². The summed E-state index contributed by atoms with van der Waals surface area (Å²) >= 11 is 0. The first-order valence-electron chi connectivity index (χ1n) is 7.10. The molecule has 1 aromatic carbocycles. The molecule has 1 unspecified atom stereocenters. The van der Waals surface area contributed by atoms with Crippen LogP contribution in [0, 0.1) is 11.8 Å². The van der Waals surface area contributed by atoms with Gasteiger partial charge >= 0.3 is 0 Å². The minimum Gasteiger partial charge on any atom is -0.330 e. The summed E-state index contributed by atoms with van der Waals surface area (Å²) in [7, 11) is 0. The Morgan fingerprint density at radius 2 is 1.68 bits per heavy atom. The topological polar surface area (TPSA) is 43.1 Å². The molecule has 0 saturated heterocycles. The molecule has 0 heterocycles. The van der Waals surface area contributed by atoms with Crippen LogP contribution in [0.4, 0.5) is 0 Å². The summed E-state index contributed by atoms with van der Waals surface area (Å²) in [5.41, 5.74) is 7.88. The predicted molar refractivity (Wildman–Crippen MR) is 81.5 cm³/mol. The van der Waals surface area contributed by atoms with Crippen LogP contribution in [0.25, 0.3) is 0 Å². The molecule has 0 saturated carbocycles. The van der Waals surface area contributed by atoms with Crippen molar-refractivity contribution in [2.75, 3.05) is 6.54 Å². The first-order chi connectivity index (χ1) is 8.75. The van der Waals surface area contributed by atoms with Gasteiger partial charge in [-0.15, -0.1) is 0 Å². The highest BCUT2D eigenvalue weighted by molar-refractivity contribution is 5.98. The highest BCUT2D eigenvalue weighted by Gasteiger charge is 2.20. The Labute approximate surface area is 117 Å². The summed E-state index contributed by atoms with van der Waals surface area (Å²) in [5.74, 6) is 0.614. The van der Waals surface area contributed by atoms with Crippen molar-refractivity contribution in [1.29, 1.82) is 0 Å². The second kappa shape index (κ2) is 6.33. The molecule has 0 radical (unpaired) electrons. The van der Waals surface area contributed by atoms with Gasteiger partial charge < -0.3 is 5.73 Å². The summed E-state index contributed by atoms with van der Waals surface area (Å²) in [6, 6.07) is 7.98. The highest BCUT2D eigenvalue weighted by atomic mass is 16.1. The number of carbonyl (C=O) groups excluding carboxylic acids is 1. The van der Waals surface area contributed by atoms with Crippen molar-refractivity contribution in [3.8, 4) is 0 Å². The molecule has 0 aliphatic rings. The van der Waals surface area contributed by atoms with E-state index >= 15 is 0 Å². The fraction of sp³-hybridized carbons (Fsp3) is 0.588. The molecule has 2 heteroatoms. The van der Waals surface area contributed by atoms with Gasteiger partial charge in [0.15, 0.2) is 5.78 Å². The van der Waals surface area contributed by atoms with Crippen molar-refractivity contribution in [3.05, 3.63) is 35.4 Å². The molecule has 1 aromatic rings. The van der Waals surface area contributed by atoms with Gasteiger partial charge in [-0.05, 0) is 23.3 Å². The number of Topliss-reactive ketones (excluding diaryl/α,β-unsaturated/α-hetero) is 1. The molecule has 0 bridgehead atoms. The zero-order valence-electron chi connectivity index (χ0n) is 12.9. The van der Waals surface area contributed by atoms with Crippen LogP contribution in [0.3, 0.4) is 0 Å². The smallest absolute Gasteiger partial charge is 0.167 e. The van der Waals surface area contributed by atoms with Gasteiger partial charge in [-0.3, -0.25) is 4.79 Å². The fourth-order valence-corrected chi connectivity index (χ4v) is 2.25. The quantitative estimate of drug-likeness (QED) is 0.819. The number of hydrogen-bond acceptors (Lipinski definition) is 2. The van der Waals surface area contributed by atoms with Gasteiger partial charge in [0.1, 0.15) is 0 Å². The van der Waals surface area contributed by atoms with Crippen LogP contribution in [0.15, 0.2) is 24.3 Å². The first-order valence-corrected chi connectivity index (χ1v) is 7.10. The lowest BCUT2D eigenvalue weighted by molar-refractivity contribution is 0.0908. The van der Waals surface area contributed by atoms with E-state index in [1.54, 1.807) is 0 Å². The Morgan fingerprint density at radius 3 is 2.05 bits per heavy atom. The third kappa shape index (κ3) is 4.46. The lowest BCUT2D eigenvalue weighted by atomic mass is 9.85. The zero-order valence-corrected chi connectivity index (χ0v) is 12.9. The van der Waals surface area contributed by atoms with E-state index in [0.717, 1.165) is 12.0 Å². The molecule has 19 heavy (non-hydrogen) atoms. The predicted octanol–water partition coefficient (Wildman–Crippen LogP) is 3.79. The number of hydrogen-bond donors (Lipinski definition) is 1. The van der Waals surface area contributed by atoms with Crippen LogP contribution in [-0.4, -0.2) is 12.3 Å². The molecule has 0 aromatic heterocycles. The second-order valence-electron chi connectivity index (χ2n) is 6.75. The van der Waals surface area contributed by atoms with E-state index in [-0.39, 0.29) is 17.1 Å². The van der Waals surface area contributed by atoms with Crippen LogP contribution >= 0.6 is 0 Å². The molecule has 2 N–H and O–H groups in total. The molecular formula is C17H27NO. The van der Waals surface area contributed by atoms with Crippen molar-refractivity contribution in [2.24, 2.45) is 17.6 Å². The molecule has 0 spiro atoms. The van der Waals surface area contributed by atoms with Gasteiger partial charge in [-0.2, -0.15) is 0 Å². The fourth-order valence-electron chi connectivity index (χ4n) is 2.25. The average molecular weight is 261 g/mol. The van der Waals surface area contributed by atoms with Crippen molar-refractivity contribution >= 4 is 5.78 Å². The third-order valence-electron chi connectivity index (χ3n) is 3.45. The highest BCUT2D eigenvalue weighted by Crippen LogP contribution is 2.23. The van der Waals surface area contributed by atoms with Gasteiger partial charge in [0.25, 0.3) is 0 Å². The van der Waals surface area contributed by atoms with Crippen molar-refractivity contribution < 1.29 is 4.79 Å². The Kier molecular flexibility index (Phi) is 5.30. The molecule has 0 aliphatic carbocycles. The molecule has 0 aliphatic heterocycles. The van der Waals surface area contributed by atoms with Crippen LogP contribution < -0.4 is 5.73 Å². The largest absolute Gasteiger partial charge is 0.330 e. The maximum Gasteiger partial charge on any atom is 0.167 e. The average Bonchev–Trinajstić information content (AvgIpc) is 2.34.